The second kappa shape index (κ2) is 6.28. The Morgan fingerprint density at radius 3 is 2.55 bits per heavy atom. The van der Waals surface area contributed by atoms with Crippen LogP contribution in [0.5, 0.6) is 0 Å². The van der Waals surface area contributed by atoms with Gasteiger partial charge in [-0.2, -0.15) is 0 Å². The number of rotatable bonds is 3. The molecule has 1 aliphatic heterocycles. The highest BCUT2D eigenvalue weighted by Gasteiger charge is 2.30. The first-order chi connectivity index (χ1) is 9.45. The van der Waals surface area contributed by atoms with E-state index in [1.807, 2.05) is 0 Å². The molecule has 0 radical (unpaired) electrons. The van der Waals surface area contributed by atoms with Gasteiger partial charge in [0.15, 0.2) is 0 Å². The van der Waals surface area contributed by atoms with E-state index in [1.54, 1.807) is 0 Å². The third-order valence-electron chi connectivity index (χ3n) is 5.08. The van der Waals surface area contributed by atoms with Gasteiger partial charge in [0, 0.05) is 24.7 Å². The Kier molecular flexibility index (Phi) is 4.87. The number of nitrogens with one attached hydrogen (secondary N) is 1. The van der Waals surface area contributed by atoms with Crippen molar-refractivity contribution in [2.24, 2.45) is 0 Å². The quantitative estimate of drug-likeness (QED) is 0.905. The van der Waals surface area contributed by atoms with Gasteiger partial charge in [0.1, 0.15) is 0 Å². The van der Waals surface area contributed by atoms with Gasteiger partial charge >= 0.3 is 0 Å². The largest absolute Gasteiger partial charge is 0.310 e. The standard InChI is InChI=1S/C18H30N2/c1-6-18(5)13-20(16(4)10-11-19-18)12-17-14(2)8-7-9-15(17)3/h7-9,16,19H,6,10-13H2,1-5H3. The fourth-order valence-electron chi connectivity index (χ4n) is 3.18. The highest BCUT2D eigenvalue weighted by Crippen LogP contribution is 2.23. The lowest BCUT2D eigenvalue weighted by Crippen LogP contribution is -2.49. The number of nitrogens with zero attached hydrogens (tertiary/aromatic N) is 1. The fraction of sp³-hybridized carbons (Fsp3) is 0.667. The van der Waals surface area contributed by atoms with Crippen molar-refractivity contribution in [3.8, 4) is 0 Å². The van der Waals surface area contributed by atoms with E-state index in [1.165, 1.54) is 29.5 Å². The van der Waals surface area contributed by atoms with E-state index >= 15 is 0 Å². The van der Waals surface area contributed by atoms with Gasteiger partial charge in [-0.25, -0.2) is 0 Å². The average Bonchev–Trinajstić information content (AvgIpc) is 2.55. The minimum absolute atomic E-state index is 0.251. The lowest BCUT2D eigenvalue weighted by molar-refractivity contribution is 0.163. The van der Waals surface area contributed by atoms with E-state index in [-0.39, 0.29) is 5.54 Å². The minimum Gasteiger partial charge on any atom is -0.310 e. The second-order valence-corrected chi connectivity index (χ2v) is 6.75. The van der Waals surface area contributed by atoms with Crippen molar-refractivity contribution in [1.29, 1.82) is 0 Å². The molecule has 2 rings (SSSR count). The van der Waals surface area contributed by atoms with Crippen molar-refractivity contribution in [2.75, 3.05) is 13.1 Å². The monoisotopic (exact) mass is 274 g/mol. The van der Waals surface area contributed by atoms with Crippen LogP contribution in [0.3, 0.4) is 0 Å². The molecule has 0 amide bonds. The molecular formula is C18H30N2. The summed E-state index contributed by atoms with van der Waals surface area (Å²) in [5.41, 5.74) is 4.61. The lowest BCUT2D eigenvalue weighted by atomic mass is 9.97. The molecule has 1 aromatic carbocycles. The molecule has 2 unspecified atom stereocenters. The normalized spacial score (nSPS) is 28.4. The molecule has 1 fully saturated rings. The van der Waals surface area contributed by atoms with E-state index in [0.29, 0.717) is 6.04 Å². The molecule has 2 heteroatoms. The molecule has 0 saturated carbocycles. The van der Waals surface area contributed by atoms with Crippen LogP contribution in [0, 0.1) is 13.8 Å². The molecule has 1 saturated heterocycles. The van der Waals surface area contributed by atoms with Crippen molar-refractivity contribution >= 4 is 0 Å². The van der Waals surface area contributed by atoms with E-state index in [4.69, 9.17) is 0 Å². The molecule has 1 aliphatic rings. The molecule has 112 valence electrons. The predicted octanol–water partition coefficient (Wildman–Crippen LogP) is 3.66. The van der Waals surface area contributed by atoms with Crippen LogP contribution in [-0.4, -0.2) is 29.6 Å². The molecular weight excluding hydrogens is 244 g/mol. The SMILES string of the molecule is CCC1(C)CN(Cc2c(C)cccc2C)C(C)CCN1. The highest BCUT2D eigenvalue weighted by atomic mass is 15.2. The summed E-state index contributed by atoms with van der Waals surface area (Å²) in [5.74, 6) is 0. The van der Waals surface area contributed by atoms with Gasteiger partial charge in [-0.3, -0.25) is 4.90 Å². The van der Waals surface area contributed by atoms with E-state index in [9.17, 15) is 0 Å². The van der Waals surface area contributed by atoms with Crippen molar-refractivity contribution in [3.63, 3.8) is 0 Å². The van der Waals surface area contributed by atoms with Crippen LogP contribution in [0.15, 0.2) is 18.2 Å². The zero-order valence-electron chi connectivity index (χ0n) is 13.8. The molecule has 0 bridgehead atoms. The summed E-state index contributed by atoms with van der Waals surface area (Å²) in [6.07, 6.45) is 2.42. The molecule has 1 heterocycles. The smallest absolute Gasteiger partial charge is 0.0278 e. The molecule has 2 atom stereocenters. The van der Waals surface area contributed by atoms with Gasteiger partial charge in [-0.05, 0) is 63.8 Å². The summed E-state index contributed by atoms with van der Waals surface area (Å²) in [6.45, 7) is 14.9. The Hall–Kier alpha value is -0.860. The molecule has 1 aromatic rings. The zero-order valence-corrected chi connectivity index (χ0v) is 13.8. The highest BCUT2D eigenvalue weighted by molar-refractivity contribution is 5.33. The zero-order chi connectivity index (χ0) is 14.8. The lowest BCUT2D eigenvalue weighted by Gasteiger charge is -2.35. The first-order valence-electron chi connectivity index (χ1n) is 7.99. The summed E-state index contributed by atoms with van der Waals surface area (Å²) < 4.78 is 0. The molecule has 0 aliphatic carbocycles. The summed E-state index contributed by atoms with van der Waals surface area (Å²) >= 11 is 0. The van der Waals surface area contributed by atoms with Crippen LogP contribution in [0.4, 0.5) is 0 Å². The maximum atomic E-state index is 3.74. The fourth-order valence-corrected chi connectivity index (χ4v) is 3.18. The van der Waals surface area contributed by atoms with Gasteiger partial charge in [-0.1, -0.05) is 25.1 Å². The van der Waals surface area contributed by atoms with Crippen molar-refractivity contribution < 1.29 is 0 Å². The van der Waals surface area contributed by atoms with Crippen LogP contribution in [0.1, 0.15) is 50.3 Å². The summed E-state index contributed by atoms with van der Waals surface area (Å²) in [7, 11) is 0. The average molecular weight is 274 g/mol. The topological polar surface area (TPSA) is 15.3 Å². The van der Waals surface area contributed by atoms with E-state index in [2.05, 4.69) is 63.0 Å². The summed E-state index contributed by atoms with van der Waals surface area (Å²) in [6, 6.07) is 7.29. The third kappa shape index (κ3) is 3.42. The van der Waals surface area contributed by atoms with Gasteiger partial charge < -0.3 is 5.32 Å². The van der Waals surface area contributed by atoms with Gasteiger partial charge in [-0.15, -0.1) is 0 Å². The predicted molar refractivity (Wildman–Crippen MR) is 87.1 cm³/mol. The Balaban J connectivity index is 2.21. The van der Waals surface area contributed by atoms with Crippen LogP contribution >= 0.6 is 0 Å². The molecule has 0 aromatic heterocycles. The first kappa shape index (κ1) is 15.5. The maximum absolute atomic E-state index is 3.74. The minimum atomic E-state index is 0.251. The van der Waals surface area contributed by atoms with Crippen LogP contribution in [0.2, 0.25) is 0 Å². The van der Waals surface area contributed by atoms with Crippen molar-refractivity contribution in [1.82, 2.24) is 10.2 Å². The van der Waals surface area contributed by atoms with Crippen LogP contribution in [-0.2, 0) is 6.54 Å². The number of hydrogen-bond acceptors (Lipinski definition) is 2. The number of benzene rings is 1. The summed E-state index contributed by atoms with van der Waals surface area (Å²) in [5, 5.41) is 3.74. The molecule has 1 N–H and O–H groups in total. The Morgan fingerprint density at radius 1 is 1.30 bits per heavy atom. The number of hydrogen-bond donors (Lipinski definition) is 1. The molecule has 2 nitrogen and oxygen atoms in total. The van der Waals surface area contributed by atoms with E-state index in [0.717, 1.165) is 19.6 Å². The Bertz CT molecular complexity index is 434. The second-order valence-electron chi connectivity index (χ2n) is 6.75. The van der Waals surface area contributed by atoms with Crippen molar-refractivity contribution in [2.45, 2.75) is 65.6 Å². The van der Waals surface area contributed by atoms with Gasteiger partial charge in [0.05, 0.1) is 0 Å². The Morgan fingerprint density at radius 2 is 1.95 bits per heavy atom. The van der Waals surface area contributed by atoms with Gasteiger partial charge in [0.25, 0.3) is 0 Å². The Labute approximate surface area is 124 Å². The van der Waals surface area contributed by atoms with Crippen LogP contribution in [0.25, 0.3) is 0 Å². The van der Waals surface area contributed by atoms with Crippen molar-refractivity contribution in [3.05, 3.63) is 34.9 Å². The number of aryl methyl sites for hydroxylation is 2. The van der Waals surface area contributed by atoms with E-state index < -0.39 is 0 Å². The summed E-state index contributed by atoms with van der Waals surface area (Å²) in [4.78, 5) is 2.67. The first-order valence-corrected chi connectivity index (χ1v) is 7.99. The molecule has 20 heavy (non-hydrogen) atoms. The molecule has 0 spiro atoms. The van der Waals surface area contributed by atoms with Crippen LogP contribution < -0.4 is 5.32 Å². The third-order valence-corrected chi connectivity index (χ3v) is 5.08. The maximum Gasteiger partial charge on any atom is 0.0278 e. The van der Waals surface area contributed by atoms with Gasteiger partial charge in [0.2, 0.25) is 0 Å².